The van der Waals surface area contributed by atoms with Crippen molar-refractivity contribution >= 4 is 23.2 Å². The molecule has 1 fully saturated rings. The maximum atomic E-state index is 7.57. The second-order valence-electron chi connectivity index (χ2n) is 2.20. The van der Waals surface area contributed by atoms with Crippen molar-refractivity contribution in [1.29, 1.82) is 0 Å². The van der Waals surface area contributed by atoms with Crippen LogP contribution < -0.4 is 0 Å². The van der Waals surface area contributed by atoms with E-state index in [0.29, 0.717) is 0 Å². The summed E-state index contributed by atoms with van der Waals surface area (Å²) in [5, 5.41) is 7.57. The summed E-state index contributed by atoms with van der Waals surface area (Å²) in [6.07, 6.45) is 2.21. The van der Waals surface area contributed by atoms with E-state index in [-0.39, 0.29) is 17.5 Å². The standard InChI is InChI=1S/C5H8Cl2O.C2H6O/c6-5(7)4-2-1-3-8-4;1-2-3/h4-5H,1-3H2;3H,2H2,1H3. The monoisotopic (exact) mass is 200 g/mol. The van der Waals surface area contributed by atoms with Crippen molar-refractivity contribution in [3.8, 4) is 0 Å². The van der Waals surface area contributed by atoms with Gasteiger partial charge in [-0.2, -0.15) is 0 Å². The van der Waals surface area contributed by atoms with Gasteiger partial charge < -0.3 is 9.84 Å². The SMILES string of the molecule is CCO.ClC(Cl)C1CCCO1. The van der Waals surface area contributed by atoms with Gasteiger partial charge in [-0.1, -0.05) is 0 Å². The summed E-state index contributed by atoms with van der Waals surface area (Å²) in [4.78, 5) is -0.336. The topological polar surface area (TPSA) is 29.5 Å². The number of hydrogen-bond acceptors (Lipinski definition) is 2. The van der Waals surface area contributed by atoms with Gasteiger partial charge in [-0.25, -0.2) is 0 Å². The van der Waals surface area contributed by atoms with Crippen LogP contribution >= 0.6 is 23.2 Å². The molecule has 0 aromatic rings. The summed E-state index contributed by atoms with van der Waals surface area (Å²) in [5.74, 6) is 0. The number of alkyl halides is 2. The average Bonchev–Trinajstić information content (AvgIpc) is 2.38. The first-order valence-electron chi connectivity index (χ1n) is 3.73. The molecule has 0 amide bonds. The first-order valence-corrected chi connectivity index (χ1v) is 4.60. The molecule has 68 valence electrons. The lowest BCUT2D eigenvalue weighted by Crippen LogP contribution is -2.13. The van der Waals surface area contributed by atoms with Gasteiger partial charge in [-0.15, -0.1) is 23.2 Å². The van der Waals surface area contributed by atoms with Crippen LogP contribution in [0.1, 0.15) is 19.8 Å². The van der Waals surface area contributed by atoms with E-state index in [1.54, 1.807) is 6.92 Å². The first-order chi connectivity index (χ1) is 5.22. The molecule has 0 aliphatic carbocycles. The zero-order valence-corrected chi connectivity index (χ0v) is 8.11. The lowest BCUT2D eigenvalue weighted by atomic mass is 10.3. The van der Waals surface area contributed by atoms with E-state index >= 15 is 0 Å². The Bertz CT molecular complexity index is 82.5. The molecule has 0 spiro atoms. The number of hydrogen-bond donors (Lipinski definition) is 1. The van der Waals surface area contributed by atoms with Crippen LogP contribution in [0.5, 0.6) is 0 Å². The van der Waals surface area contributed by atoms with E-state index in [0.717, 1.165) is 19.4 Å². The number of halogens is 2. The molecule has 11 heavy (non-hydrogen) atoms. The molecule has 0 aromatic carbocycles. The number of aliphatic hydroxyl groups is 1. The van der Waals surface area contributed by atoms with E-state index in [9.17, 15) is 0 Å². The molecular weight excluding hydrogens is 187 g/mol. The highest BCUT2D eigenvalue weighted by molar-refractivity contribution is 6.44. The highest BCUT2D eigenvalue weighted by Crippen LogP contribution is 2.21. The highest BCUT2D eigenvalue weighted by Gasteiger charge is 2.21. The Balaban J connectivity index is 0.000000292. The molecule has 4 heteroatoms. The molecule has 1 unspecified atom stereocenters. The van der Waals surface area contributed by atoms with Crippen molar-refractivity contribution in [2.75, 3.05) is 13.2 Å². The molecular formula is C7H14Cl2O2. The molecule has 2 nitrogen and oxygen atoms in total. The summed E-state index contributed by atoms with van der Waals surface area (Å²) in [6.45, 7) is 2.75. The number of aliphatic hydroxyl groups excluding tert-OH is 1. The number of rotatable bonds is 1. The third kappa shape index (κ3) is 5.74. The Kier molecular flexibility index (Phi) is 7.49. The molecule has 0 bridgehead atoms. The fraction of sp³-hybridized carbons (Fsp3) is 1.00. The van der Waals surface area contributed by atoms with Crippen LogP contribution in [0.3, 0.4) is 0 Å². The summed E-state index contributed by atoms with van der Waals surface area (Å²) in [7, 11) is 0. The first kappa shape index (κ1) is 11.5. The molecule has 1 saturated heterocycles. The van der Waals surface area contributed by atoms with Crippen LogP contribution in [0.2, 0.25) is 0 Å². The fourth-order valence-corrected chi connectivity index (χ4v) is 1.20. The van der Waals surface area contributed by atoms with E-state index < -0.39 is 0 Å². The quantitative estimate of drug-likeness (QED) is 0.657. The van der Waals surface area contributed by atoms with Crippen molar-refractivity contribution in [3.63, 3.8) is 0 Å². The largest absolute Gasteiger partial charge is 0.397 e. The Morgan fingerprint density at radius 2 is 2.18 bits per heavy atom. The zero-order valence-electron chi connectivity index (χ0n) is 6.59. The lowest BCUT2D eigenvalue weighted by molar-refractivity contribution is 0.121. The molecule has 1 aliphatic heterocycles. The summed E-state index contributed by atoms with van der Waals surface area (Å²) in [5.41, 5.74) is 0. The highest BCUT2D eigenvalue weighted by atomic mass is 35.5. The Hall–Kier alpha value is 0.500. The van der Waals surface area contributed by atoms with Crippen molar-refractivity contribution in [2.24, 2.45) is 0 Å². The van der Waals surface area contributed by atoms with Gasteiger partial charge in [0.2, 0.25) is 0 Å². The summed E-state index contributed by atoms with van der Waals surface area (Å²) >= 11 is 11.0. The fourth-order valence-electron chi connectivity index (χ4n) is 0.801. The van der Waals surface area contributed by atoms with E-state index in [2.05, 4.69) is 0 Å². The second kappa shape index (κ2) is 7.17. The van der Waals surface area contributed by atoms with Crippen molar-refractivity contribution in [2.45, 2.75) is 30.7 Å². The van der Waals surface area contributed by atoms with Crippen molar-refractivity contribution in [1.82, 2.24) is 0 Å². The van der Waals surface area contributed by atoms with Gasteiger partial charge >= 0.3 is 0 Å². The molecule has 1 N–H and O–H groups in total. The third-order valence-corrected chi connectivity index (χ3v) is 1.81. The number of ether oxygens (including phenoxy) is 1. The molecule has 1 rings (SSSR count). The van der Waals surface area contributed by atoms with Crippen molar-refractivity contribution < 1.29 is 9.84 Å². The van der Waals surface area contributed by atoms with Crippen LogP contribution in [-0.4, -0.2) is 29.3 Å². The van der Waals surface area contributed by atoms with Crippen LogP contribution in [0.25, 0.3) is 0 Å². The van der Waals surface area contributed by atoms with E-state index in [4.69, 9.17) is 33.0 Å². The Morgan fingerprint density at radius 1 is 1.64 bits per heavy atom. The lowest BCUT2D eigenvalue weighted by Gasteiger charge is -2.07. The van der Waals surface area contributed by atoms with Crippen LogP contribution in [0.15, 0.2) is 0 Å². The Labute approximate surface area is 77.4 Å². The minimum atomic E-state index is -0.336. The summed E-state index contributed by atoms with van der Waals surface area (Å²) < 4.78 is 5.15. The predicted molar refractivity (Wildman–Crippen MR) is 47.2 cm³/mol. The molecule has 0 radical (unpaired) electrons. The third-order valence-electron chi connectivity index (χ3n) is 1.25. The van der Waals surface area contributed by atoms with Gasteiger partial charge in [0.05, 0.1) is 6.10 Å². The zero-order chi connectivity index (χ0) is 8.69. The minimum absolute atomic E-state index is 0.0957. The van der Waals surface area contributed by atoms with Gasteiger partial charge in [0, 0.05) is 13.2 Å². The van der Waals surface area contributed by atoms with Gasteiger partial charge in [0.1, 0.15) is 4.84 Å². The minimum Gasteiger partial charge on any atom is -0.397 e. The molecule has 1 heterocycles. The second-order valence-corrected chi connectivity index (χ2v) is 3.37. The van der Waals surface area contributed by atoms with Crippen molar-refractivity contribution in [3.05, 3.63) is 0 Å². The van der Waals surface area contributed by atoms with E-state index in [1.165, 1.54) is 0 Å². The van der Waals surface area contributed by atoms with E-state index in [1.807, 2.05) is 0 Å². The van der Waals surface area contributed by atoms with Gasteiger partial charge in [0.25, 0.3) is 0 Å². The molecule has 1 atom stereocenters. The van der Waals surface area contributed by atoms with Crippen LogP contribution in [-0.2, 0) is 4.74 Å². The van der Waals surface area contributed by atoms with Crippen LogP contribution in [0.4, 0.5) is 0 Å². The van der Waals surface area contributed by atoms with Gasteiger partial charge in [-0.3, -0.25) is 0 Å². The Morgan fingerprint density at radius 3 is 2.36 bits per heavy atom. The normalized spacial score (nSPS) is 23.2. The van der Waals surface area contributed by atoms with Crippen LogP contribution in [0, 0.1) is 0 Å². The van der Waals surface area contributed by atoms with Gasteiger partial charge in [-0.05, 0) is 19.8 Å². The maximum Gasteiger partial charge on any atom is 0.133 e. The molecule has 0 aromatic heterocycles. The predicted octanol–water partition coefficient (Wildman–Crippen LogP) is 1.97. The smallest absolute Gasteiger partial charge is 0.133 e. The van der Waals surface area contributed by atoms with Gasteiger partial charge in [0.15, 0.2) is 0 Å². The summed E-state index contributed by atoms with van der Waals surface area (Å²) in [6, 6.07) is 0. The average molecular weight is 201 g/mol. The maximum absolute atomic E-state index is 7.57. The molecule has 0 saturated carbocycles. The molecule has 1 aliphatic rings.